The van der Waals surface area contributed by atoms with Gasteiger partial charge in [0, 0.05) is 31.5 Å². The largest absolute Gasteiger partial charge is 0.507 e. The Morgan fingerprint density at radius 1 is 1.23 bits per heavy atom. The minimum absolute atomic E-state index is 0.0164. The zero-order valence-electron chi connectivity index (χ0n) is 17.7. The highest BCUT2D eigenvalue weighted by atomic mass is 16.5. The molecule has 3 heterocycles. The molecular formula is C22H26N4O5. The van der Waals surface area contributed by atoms with Crippen LogP contribution >= 0.6 is 0 Å². The molecule has 4 rings (SSSR count). The van der Waals surface area contributed by atoms with Gasteiger partial charge < -0.3 is 23.8 Å². The standard InChI is InChI=1S/C22H26N4O5/c1-28-11-12-30-21-17(5-3-9-23-21)20-24-22(31-25-20)18-6-4-10-26(18)14-15-7-8-16(29-2)13-19(15)27/h3,5,7-9,13,18,27H,4,6,10-12,14H2,1-2H3/t18-/m0/s1. The smallest absolute Gasteiger partial charge is 0.244 e. The zero-order chi connectivity index (χ0) is 21.6. The van der Waals surface area contributed by atoms with Crippen LogP contribution in [0.25, 0.3) is 11.4 Å². The van der Waals surface area contributed by atoms with E-state index >= 15 is 0 Å². The SMILES string of the molecule is COCCOc1ncccc1-c1noc([C@@H]2CCCN2Cc2ccc(OC)cc2O)n1. The minimum atomic E-state index is -0.0164. The predicted octanol–water partition coefficient (Wildman–Crippen LogP) is 3.21. The van der Waals surface area contributed by atoms with E-state index < -0.39 is 0 Å². The summed E-state index contributed by atoms with van der Waals surface area (Å²) in [4.78, 5) is 11.2. The van der Waals surface area contributed by atoms with E-state index in [0.717, 1.165) is 24.9 Å². The molecule has 0 bridgehead atoms. The summed E-state index contributed by atoms with van der Waals surface area (Å²) in [5.41, 5.74) is 1.50. The van der Waals surface area contributed by atoms with Crippen LogP contribution in [0.15, 0.2) is 41.1 Å². The molecule has 1 N–H and O–H groups in total. The van der Waals surface area contributed by atoms with Crippen LogP contribution in [0.2, 0.25) is 0 Å². The average molecular weight is 426 g/mol. The number of benzene rings is 1. The fourth-order valence-electron chi connectivity index (χ4n) is 3.70. The Morgan fingerprint density at radius 2 is 2.13 bits per heavy atom. The summed E-state index contributed by atoms with van der Waals surface area (Å²) in [6, 6.07) is 8.99. The molecule has 31 heavy (non-hydrogen) atoms. The molecule has 2 aromatic heterocycles. The van der Waals surface area contributed by atoms with Crippen LogP contribution < -0.4 is 9.47 Å². The molecule has 9 heteroatoms. The molecule has 1 aliphatic heterocycles. The van der Waals surface area contributed by atoms with E-state index in [2.05, 4.69) is 20.0 Å². The predicted molar refractivity (Wildman–Crippen MR) is 112 cm³/mol. The van der Waals surface area contributed by atoms with E-state index in [1.807, 2.05) is 24.3 Å². The highest BCUT2D eigenvalue weighted by Gasteiger charge is 2.31. The molecule has 0 radical (unpaired) electrons. The maximum atomic E-state index is 10.3. The summed E-state index contributed by atoms with van der Waals surface area (Å²) in [5.74, 6) is 2.27. The second-order valence-electron chi connectivity index (χ2n) is 7.28. The van der Waals surface area contributed by atoms with E-state index in [9.17, 15) is 5.11 Å². The second kappa shape index (κ2) is 9.76. The second-order valence-corrected chi connectivity index (χ2v) is 7.28. The highest BCUT2D eigenvalue weighted by Crippen LogP contribution is 2.36. The number of methoxy groups -OCH3 is 2. The lowest BCUT2D eigenvalue weighted by Gasteiger charge is -2.22. The van der Waals surface area contributed by atoms with Crippen molar-refractivity contribution in [2.24, 2.45) is 0 Å². The van der Waals surface area contributed by atoms with Crippen molar-refractivity contribution in [2.45, 2.75) is 25.4 Å². The van der Waals surface area contributed by atoms with Crippen molar-refractivity contribution < 1.29 is 23.8 Å². The van der Waals surface area contributed by atoms with Gasteiger partial charge in [0.2, 0.25) is 17.6 Å². The lowest BCUT2D eigenvalue weighted by molar-refractivity contribution is 0.144. The number of likely N-dealkylation sites (tertiary alicyclic amines) is 1. The van der Waals surface area contributed by atoms with Gasteiger partial charge in [0.15, 0.2) is 0 Å². The third-order valence-electron chi connectivity index (χ3n) is 5.29. The Bertz CT molecular complexity index is 1010. The third kappa shape index (κ3) is 4.78. The van der Waals surface area contributed by atoms with Crippen LogP contribution in [-0.2, 0) is 11.3 Å². The number of phenols is 1. The van der Waals surface area contributed by atoms with Crippen LogP contribution in [0.5, 0.6) is 17.4 Å². The molecule has 0 aliphatic carbocycles. The van der Waals surface area contributed by atoms with Gasteiger partial charge >= 0.3 is 0 Å². The van der Waals surface area contributed by atoms with Gasteiger partial charge in [-0.05, 0) is 37.6 Å². The number of nitrogens with zero attached hydrogens (tertiary/aromatic N) is 4. The van der Waals surface area contributed by atoms with Gasteiger partial charge in [-0.2, -0.15) is 4.98 Å². The first kappa shape index (κ1) is 21.1. The third-order valence-corrected chi connectivity index (χ3v) is 5.29. The number of hydrogen-bond acceptors (Lipinski definition) is 9. The van der Waals surface area contributed by atoms with Gasteiger partial charge in [0.05, 0.1) is 25.3 Å². The van der Waals surface area contributed by atoms with Gasteiger partial charge in [-0.25, -0.2) is 4.98 Å². The summed E-state index contributed by atoms with van der Waals surface area (Å²) < 4.78 is 21.5. The number of aromatic hydroxyl groups is 1. The van der Waals surface area contributed by atoms with Gasteiger partial charge in [-0.1, -0.05) is 11.2 Å². The first-order chi connectivity index (χ1) is 15.2. The van der Waals surface area contributed by atoms with E-state index in [1.54, 1.807) is 26.5 Å². The van der Waals surface area contributed by atoms with E-state index in [1.165, 1.54) is 0 Å². The van der Waals surface area contributed by atoms with Gasteiger partial charge in [0.25, 0.3) is 0 Å². The Kier molecular flexibility index (Phi) is 6.63. The monoisotopic (exact) mass is 426 g/mol. The summed E-state index contributed by atoms with van der Waals surface area (Å²) in [6.07, 6.45) is 3.58. The fraction of sp³-hybridized carbons (Fsp3) is 0.409. The number of hydrogen-bond donors (Lipinski definition) is 1. The van der Waals surface area contributed by atoms with Crippen molar-refractivity contribution in [2.75, 3.05) is 34.0 Å². The minimum Gasteiger partial charge on any atom is -0.507 e. The van der Waals surface area contributed by atoms with Gasteiger partial charge in [-0.15, -0.1) is 0 Å². The van der Waals surface area contributed by atoms with Crippen LogP contribution in [0, 0.1) is 0 Å². The number of pyridine rings is 1. The lowest BCUT2D eigenvalue weighted by atomic mass is 10.1. The van der Waals surface area contributed by atoms with Crippen LogP contribution in [0.1, 0.15) is 30.3 Å². The molecule has 164 valence electrons. The molecule has 1 aromatic carbocycles. The first-order valence-electron chi connectivity index (χ1n) is 10.2. The molecule has 0 spiro atoms. The summed E-state index contributed by atoms with van der Waals surface area (Å²) in [6.45, 7) is 2.30. The van der Waals surface area contributed by atoms with Gasteiger partial charge in [0.1, 0.15) is 18.1 Å². The summed E-state index contributed by atoms with van der Waals surface area (Å²) in [5, 5.41) is 14.5. The lowest BCUT2D eigenvalue weighted by Crippen LogP contribution is -2.23. The molecule has 1 fully saturated rings. The maximum absolute atomic E-state index is 10.3. The first-order valence-corrected chi connectivity index (χ1v) is 10.2. The normalized spacial score (nSPS) is 16.5. The summed E-state index contributed by atoms with van der Waals surface area (Å²) in [7, 11) is 3.20. The fourth-order valence-corrected chi connectivity index (χ4v) is 3.70. The quantitative estimate of drug-likeness (QED) is 0.517. The van der Waals surface area contributed by atoms with Crippen molar-refractivity contribution in [3.8, 4) is 28.8 Å². The molecule has 1 aliphatic rings. The number of rotatable bonds is 9. The van der Waals surface area contributed by atoms with Gasteiger partial charge in [-0.3, -0.25) is 4.90 Å². The average Bonchev–Trinajstić information content (AvgIpc) is 3.45. The van der Waals surface area contributed by atoms with Crippen molar-refractivity contribution in [3.63, 3.8) is 0 Å². The van der Waals surface area contributed by atoms with Crippen molar-refractivity contribution >= 4 is 0 Å². The Balaban J connectivity index is 1.51. The maximum Gasteiger partial charge on any atom is 0.244 e. The highest BCUT2D eigenvalue weighted by molar-refractivity contribution is 5.60. The Morgan fingerprint density at radius 3 is 2.94 bits per heavy atom. The molecule has 0 amide bonds. The summed E-state index contributed by atoms with van der Waals surface area (Å²) >= 11 is 0. The molecule has 3 aromatic rings. The van der Waals surface area contributed by atoms with Crippen LogP contribution in [-0.4, -0.2) is 59.1 Å². The molecular weight excluding hydrogens is 400 g/mol. The Labute approximate surface area is 180 Å². The molecule has 1 saturated heterocycles. The van der Waals surface area contributed by atoms with E-state index in [0.29, 0.717) is 48.7 Å². The number of ether oxygens (including phenoxy) is 3. The Hall–Kier alpha value is -3.17. The molecule has 0 saturated carbocycles. The molecule has 0 unspecified atom stereocenters. The van der Waals surface area contributed by atoms with Crippen molar-refractivity contribution in [1.29, 1.82) is 0 Å². The number of phenolic OH excluding ortho intramolecular Hbond substituents is 1. The number of aromatic nitrogens is 3. The van der Waals surface area contributed by atoms with E-state index in [4.69, 9.17) is 18.7 Å². The van der Waals surface area contributed by atoms with Crippen molar-refractivity contribution in [3.05, 3.63) is 48.0 Å². The van der Waals surface area contributed by atoms with Crippen LogP contribution in [0.4, 0.5) is 0 Å². The van der Waals surface area contributed by atoms with Crippen LogP contribution in [0.3, 0.4) is 0 Å². The molecule has 9 nitrogen and oxygen atoms in total. The topological polar surface area (TPSA) is 103 Å². The van der Waals surface area contributed by atoms with E-state index in [-0.39, 0.29) is 11.8 Å². The van der Waals surface area contributed by atoms with Crippen molar-refractivity contribution in [1.82, 2.24) is 20.0 Å². The zero-order valence-corrected chi connectivity index (χ0v) is 17.7. The molecule has 1 atom stereocenters.